The van der Waals surface area contributed by atoms with Gasteiger partial charge >= 0.3 is 0 Å². The van der Waals surface area contributed by atoms with E-state index in [0.29, 0.717) is 17.4 Å². The summed E-state index contributed by atoms with van der Waals surface area (Å²) in [5.74, 6) is 4.52. The minimum atomic E-state index is -1.45. The predicted molar refractivity (Wildman–Crippen MR) is 167 cm³/mol. The third-order valence-electron chi connectivity index (χ3n) is 6.48. The summed E-state index contributed by atoms with van der Waals surface area (Å²) in [5, 5.41) is 7.71. The van der Waals surface area contributed by atoms with Gasteiger partial charge in [-0.15, -0.1) is 5.54 Å². The number of methoxy groups -OCH3 is 1. The van der Waals surface area contributed by atoms with Crippen LogP contribution in [0.4, 0.5) is 23.0 Å². The Morgan fingerprint density at radius 1 is 1.15 bits per heavy atom. The zero-order valence-corrected chi connectivity index (χ0v) is 25.2. The van der Waals surface area contributed by atoms with E-state index >= 15 is 0 Å². The Kier molecular flexibility index (Phi) is 8.19. The normalized spacial score (nSPS) is 11.4. The van der Waals surface area contributed by atoms with Crippen LogP contribution in [0.15, 0.2) is 42.7 Å². The maximum absolute atomic E-state index is 6.57. The summed E-state index contributed by atoms with van der Waals surface area (Å²) in [7, 11) is 8.19. The van der Waals surface area contributed by atoms with Crippen LogP contribution in [0.25, 0.3) is 22.2 Å². The average Bonchev–Trinajstić information content (AvgIpc) is 3.22. The van der Waals surface area contributed by atoms with E-state index in [1.165, 1.54) is 0 Å². The lowest BCUT2D eigenvalue weighted by atomic mass is 10.0. The standard InChI is InChI=1S/C30H39N7OSi/c1-32-25-18-27(38-5)29(22(28(25)31)12-15-36(2)3)35-30-33-14-11-24(34-30)23-19-37(4)26-17-20(9-10-21(23)26)13-16-39(6,7)8/h9-11,14,17-19,32H,12,15,31H2,1-8H3,(H,33,34,35). The van der Waals surface area contributed by atoms with Gasteiger partial charge in [0.15, 0.2) is 0 Å². The van der Waals surface area contributed by atoms with E-state index in [0.717, 1.165) is 57.6 Å². The Hall–Kier alpha value is -4.00. The molecule has 0 amide bonds. The summed E-state index contributed by atoms with van der Waals surface area (Å²) >= 11 is 0. The molecular formula is C30H39N7OSi. The van der Waals surface area contributed by atoms with Gasteiger partial charge in [0.25, 0.3) is 0 Å². The van der Waals surface area contributed by atoms with E-state index in [4.69, 9.17) is 15.5 Å². The van der Waals surface area contributed by atoms with Crippen molar-refractivity contribution in [3.63, 3.8) is 0 Å². The van der Waals surface area contributed by atoms with Crippen molar-refractivity contribution >= 4 is 42.0 Å². The van der Waals surface area contributed by atoms with Crippen LogP contribution in [-0.4, -0.2) is 62.3 Å². The summed E-state index contributed by atoms with van der Waals surface area (Å²) in [6.45, 7) is 7.59. The smallest absolute Gasteiger partial charge is 0.227 e. The highest BCUT2D eigenvalue weighted by Gasteiger charge is 2.19. The lowest BCUT2D eigenvalue weighted by Crippen LogP contribution is -2.17. The quantitative estimate of drug-likeness (QED) is 0.157. The average molecular weight is 542 g/mol. The molecule has 0 saturated heterocycles. The van der Waals surface area contributed by atoms with E-state index in [1.807, 2.05) is 33.3 Å². The number of aromatic nitrogens is 3. The second-order valence-corrected chi connectivity index (χ2v) is 15.7. The molecule has 2 aromatic heterocycles. The number of hydrogen-bond acceptors (Lipinski definition) is 7. The van der Waals surface area contributed by atoms with Crippen molar-refractivity contribution in [1.29, 1.82) is 0 Å². The van der Waals surface area contributed by atoms with Crippen LogP contribution in [0.3, 0.4) is 0 Å². The Balaban J connectivity index is 1.74. The van der Waals surface area contributed by atoms with E-state index in [-0.39, 0.29) is 0 Å². The molecule has 4 N–H and O–H groups in total. The molecule has 0 aliphatic carbocycles. The summed E-state index contributed by atoms with van der Waals surface area (Å²) in [5.41, 5.74) is 17.3. The van der Waals surface area contributed by atoms with Crippen LogP contribution in [0.2, 0.25) is 19.6 Å². The van der Waals surface area contributed by atoms with Crippen LogP contribution >= 0.6 is 0 Å². The van der Waals surface area contributed by atoms with Gasteiger partial charge in [-0.05, 0) is 38.7 Å². The highest BCUT2D eigenvalue weighted by Crippen LogP contribution is 2.40. The number of anilines is 4. The molecule has 0 spiro atoms. The highest BCUT2D eigenvalue weighted by molar-refractivity contribution is 6.83. The van der Waals surface area contributed by atoms with Gasteiger partial charge in [-0.1, -0.05) is 31.6 Å². The van der Waals surface area contributed by atoms with Gasteiger partial charge in [0, 0.05) is 66.7 Å². The summed E-state index contributed by atoms with van der Waals surface area (Å²) in [6.07, 6.45) is 4.61. The second kappa shape index (κ2) is 11.4. The summed E-state index contributed by atoms with van der Waals surface area (Å²) in [4.78, 5) is 11.5. The lowest BCUT2D eigenvalue weighted by Gasteiger charge is -2.21. The Morgan fingerprint density at radius 2 is 1.92 bits per heavy atom. The summed E-state index contributed by atoms with van der Waals surface area (Å²) < 4.78 is 7.88. The van der Waals surface area contributed by atoms with Crippen LogP contribution in [0.1, 0.15) is 11.1 Å². The first kappa shape index (κ1) is 28.0. The molecule has 0 radical (unpaired) electrons. The van der Waals surface area contributed by atoms with Crippen LogP contribution in [-0.2, 0) is 13.5 Å². The highest BCUT2D eigenvalue weighted by atomic mass is 28.3. The topological polar surface area (TPSA) is 93.3 Å². The number of nitrogens with two attached hydrogens (primary N) is 1. The molecule has 0 saturated carbocycles. The fourth-order valence-corrected chi connectivity index (χ4v) is 4.95. The van der Waals surface area contributed by atoms with E-state index in [1.54, 1.807) is 13.3 Å². The minimum Gasteiger partial charge on any atom is -0.494 e. The molecule has 2 aromatic carbocycles. The third-order valence-corrected chi connectivity index (χ3v) is 7.35. The number of nitrogens with one attached hydrogen (secondary N) is 2. The fourth-order valence-electron chi connectivity index (χ4n) is 4.43. The Morgan fingerprint density at radius 3 is 2.59 bits per heavy atom. The molecule has 0 fully saturated rings. The van der Waals surface area contributed by atoms with Gasteiger partial charge in [-0.2, -0.15) is 0 Å². The predicted octanol–water partition coefficient (Wildman–Crippen LogP) is 5.34. The van der Waals surface area contributed by atoms with Gasteiger partial charge in [0.05, 0.1) is 29.9 Å². The number of aryl methyl sites for hydroxylation is 1. The van der Waals surface area contributed by atoms with Crippen molar-refractivity contribution in [3.8, 4) is 28.5 Å². The molecule has 2 heterocycles. The number of likely N-dealkylation sites (N-methyl/N-ethyl adjacent to an activating group) is 1. The number of nitrogens with zero attached hydrogens (tertiary/aromatic N) is 4. The molecule has 0 atom stereocenters. The molecule has 39 heavy (non-hydrogen) atoms. The molecule has 0 bridgehead atoms. The first-order valence-electron chi connectivity index (χ1n) is 13.0. The van der Waals surface area contributed by atoms with Gasteiger partial charge in [-0.25, -0.2) is 9.97 Å². The molecule has 8 nitrogen and oxygen atoms in total. The van der Waals surface area contributed by atoms with E-state index in [2.05, 4.69) is 87.6 Å². The molecular weight excluding hydrogens is 502 g/mol. The van der Waals surface area contributed by atoms with E-state index in [9.17, 15) is 0 Å². The van der Waals surface area contributed by atoms with Crippen LogP contribution in [0, 0.1) is 11.5 Å². The first-order chi connectivity index (χ1) is 18.5. The largest absolute Gasteiger partial charge is 0.494 e. The first-order valence-corrected chi connectivity index (χ1v) is 16.5. The number of rotatable bonds is 8. The fraction of sp³-hybridized carbons (Fsp3) is 0.333. The van der Waals surface area contributed by atoms with Crippen molar-refractivity contribution < 1.29 is 4.74 Å². The Bertz CT molecular complexity index is 1560. The molecule has 0 unspecified atom stereocenters. The maximum Gasteiger partial charge on any atom is 0.227 e. The maximum atomic E-state index is 6.57. The SMILES string of the molecule is CNc1cc(OC)c(Nc2nccc(-c3cn(C)c4cc(C#C[Si](C)(C)C)ccc34)n2)c(CCN(C)C)c1N. The van der Waals surface area contributed by atoms with Crippen molar-refractivity contribution in [2.45, 2.75) is 26.1 Å². The number of nitrogen functional groups attached to an aromatic ring is 1. The molecule has 204 valence electrons. The van der Waals surface area contributed by atoms with Gasteiger partial charge in [0.1, 0.15) is 13.8 Å². The molecule has 0 aliphatic rings. The third kappa shape index (κ3) is 6.36. The monoisotopic (exact) mass is 541 g/mol. The second-order valence-electron chi connectivity index (χ2n) is 11.0. The number of fused-ring (bicyclic) bond motifs is 1. The van der Waals surface area contributed by atoms with Crippen molar-refractivity contribution in [2.24, 2.45) is 7.05 Å². The van der Waals surface area contributed by atoms with Gasteiger partial charge < -0.3 is 30.6 Å². The lowest BCUT2D eigenvalue weighted by molar-refractivity contribution is 0.409. The van der Waals surface area contributed by atoms with Gasteiger partial charge in [-0.3, -0.25) is 0 Å². The Labute approximate surface area is 232 Å². The number of hydrogen-bond donors (Lipinski definition) is 3. The molecule has 9 heteroatoms. The van der Waals surface area contributed by atoms with Gasteiger partial charge in [0.2, 0.25) is 5.95 Å². The van der Waals surface area contributed by atoms with Crippen LogP contribution in [0.5, 0.6) is 5.75 Å². The summed E-state index contributed by atoms with van der Waals surface area (Å²) in [6, 6.07) is 10.2. The van der Waals surface area contributed by atoms with Crippen LogP contribution < -0.4 is 21.1 Å². The number of benzene rings is 2. The molecule has 0 aliphatic heterocycles. The van der Waals surface area contributed by atoms with Crippen molar-refractivity contribution in [1.82, 2.24) is 19.4 Å². The minimum absolute atomic E-state index is 0.475. The van der Waals surface area contributed by atoms with Crippen molar-refractivity contribution in [3.05, 3.63) is 53.9 Å². The molecule has 4 rings (SSSR count). The number of ether oxygens (including phenoxy) is 1. The zero-order chi connectivity index (χ0) is 28.3. The van der Waals surface area contributed by atoms with Crippen molar-refractivity contribution in [2.75, 3.05) is 51.2 Å². The zero-order valence-electron chi connectivity index (χ0n) is 24.2. The van der Waals surface area contributed by atoms with E-state index < -0.39 is 8.07 Å². The molecule has 4 aromatic rings.